The molecule has 4 N–H and O–H groups in total. The van der Waals surface area contributed by atoms with Gasteiger partial charge in [0.2, 0.25) is 5.91 Å². The van der Waals surface area contributed by atoms with Crippen LogP contribution in [0.3, 0.4) is 0 Å². The van der Waals surface area contributed by atoms with Crippen molar-refractivity contribution < 1.29 is 14.6 Å². The van der Waals surface area contributed by atoms with Gasteiger partial charge in [0.15, 0.2) is 0 Å². The van der Waals surface area contributed by atoms with Gasteiger partial charge in [-0.15, -0.1) is 0 Å². The van der Waals surface area contributed by atoms with Gasteiger partial charge in [-0.25, -0.2) is 0 Å². The molecule has 1 unspecified atom stereocenters. The summed E-state index contributed by atoms with van der Waals surface area (Å²) in [6, 6.07) is 7.04. The zero-order valence-electron chi connectivity index (χ0n) is 12.2. The Morgan fingerprint density at radius 3 is 2.90 bits per heavy atom. The fourth-order valence-corrected chi connectivity index (χ4v) is 1.99. The number of carbonyl (C=O) groups excluding carboxylic acids is 1. The minimum absolute atomic E-state index is 0.165. The fourth-order valence-electron chi connectivity index (χ4n) is 1.87. The van der Waals surface area contributed by atoms with Gasteiger partial charge in [0.05, 0.1) is 19.3 Å². The number of hydrogen-bond acceptors (Lipinski definition) is 5. The summed E-state index contributed by atoms with van der Waals surface area (Å²) in [4.78, 5) is 13.9. The fraction of sp³-hybridized carbons (Fsp3) is 0.429. The van der Waals surface area contributed by atoms with Gasteiger partial charge in [-0.3, -0.25) is 9.69 Å². The number of nitrogens with zero attached hydrogens (tertiary/aromatic N) is 1. The maximum absolute atomic E-state index is 11.9. The summed E-state index contributed by atoms with van der Waals surface area (Å²) in [7, 11) is 3.27. The largest absolute Gasteiger partial charge is 0.389 e. The molecule has 0 aromatic heterocycles. The number of aliphatic hydroxyl groups excluding tert-OH is 1. The number of benzene rings is 1. The van der Waals surface area contributed by atoms with Crippen molar-refractivity contribution in [2.24, 2.45) is 5.73 Å². The second-order valence-electron chi connectivity index (χ2n) is 4.80. The lowest BCUT2D eigenvalue weighted by molar-refractivity contribution is -0.117. The molecule has 7 heteroatoms. The van der Waals surface area contributed by atoms with Crippen LogP contribution in [0.4, 0.5) is 5.69 Å². The number of carbonyl (C=O) groups is 1. The Kier molecular flexibility index (Phi) is 7.24. The van der Waals surface area contributed by atoms with E-state index in [2.05, 4.69) is 5.32 Å². The first-order valence-corrected chi connectivity index (χ1v) is 6.88. The third-order valence-corrected chi connectivity index (χ3v) is 2.96. The number of anilines is 1. The first-order chi connectivity index (χ1) is 9.92. The van der Waals surface area contributed by atoms with Gasteiger partial charge in [-0.2, -0.15) is 0 Å². The average Bonchev–Trinajstić information content (AvgIpc) is 2.38. The molecule has 1 atom stereocenters. The van der Waals surface area contributed by atoms with E-state index in [1.165, 1.54) is 7.11 Å². The van der Waals surface area contributed by atoms with Crippen molar-refractivity contribution in [1.82, 2.24) is 4.90 Å². The Morgan fingerprint density at radius 1 is 1.57 bits per heavy atom. The maximum Gasteiger partial charge on any atom is 0.238 e. The molecule has 1 aromatic carbocycles. The van der Waals surface area contributed by atoms with E-state index in [1.54, 1.807) is 36.2 Å². The van der Waals surface area contributed by atoms with E-state index >= 15 is 0 Å². The van der Waals surface area contributed by atoms with Crippen LogP contribution >= 0.6 is 12.2 Å². The molecule has 0 heterocycles. The molecule has 6 nitrogen and oxygen atoms in total. The number of rotatable bonds is 8. The number of methoxy groups -OCH3 is 1. The zero-order chi connectivity index (χ0) is 15.8. The van der Waals surface area contributed by atoms with E-state index in [-0.39, 0.29) is 24.0 Å². The number of nitrogens with one attached hydrogen (secondary N) is 1. The summed E-state index contributed by atoms with van der Waals surface area (Å²) in [6.45, 7) is 0.758. The van der Waals surface area contributed by atoms with Gasteiger partial charge in [0, 0.05) is 24.9 Å². The summed E-state index contributed by atoms with van der Waals surface area (Å²) in [5.41, 5.74) is 6.88. The van der Waals surface area contributed by atoms with Crippen LogP contribution in [0.5, 0.6) is 0 Å². The zero-order valence-corrected chi connectivity index (χ0v) is 13.0. The minimum Gasteiger partial charge on any atom is -0.389 e. The third-order valence-electron chi connectivity index (χ3n) is 2.73. The number of amides is 1. The Bertz CT molecular complexity index is 496. The molecule has 0 fully saturated rings. The second kappa shape index (κ2) is 8.68. The molecule has 1 aromatic rings. The van der Waals surface area contributed by atoms with E-state index in [0.29, 0.717) is 17.8 Å². The van der Waals surface area contributed by atoms with Gasteiger partial charge < -0.3 is 20.9 Å². The molecule has 0 bridgehead atoms. The molecule has 0 saturated heterocycles. The van der Waals surface area contributed by atoms with Crippen molar-refractivity contribution in [3.05, 3.63) is 29.8 Å². The van der Waals surface area contributed by atoms with Gasteiger partial charge in [-0.1, -0.05) is 24.4 Å². The molecule has 0 radical (unpaired) electrons. The molecule has 0 spiro atoms. The highest BCUT2D eigenvalue weighted by molar-refractivity contribution is 7.80. The van der Waals surface area contributed by atoms with E-state index in [1.807, 2.05) is 0 Å². The lowest BCUT2D eigenvalue weighted by Gasteiger charge is -2.19. The summed E-state index contributed by atoms with van der Waals surface area (Å²) in [5.74, 6) is -0.179. The van der Waals surface area contributed by atoms with Crippen LogP contribution in [0, 0.1) is 0 Å². The number of nitrogens with two attached hydrogens (primary N) is 1. The first kappa shape index (κ1) is 17.5. The van der Waals surface area contributed by atoms with Crippen LogP contribution in [0.1, 0.15) is 5.56 Å². The molecular formula is C14H21N3O3S. The molecule has 21 heavy (non-hydrogen) atoms. The van der Waals surface area contributed by atoms with Crippen molar-refractivity contribution in [3.8, 4) is 0 Å². The van der Waals surface area contributed by atoms with Crippen LogP contribution in [0.25, 0.3) is 0 Å². The third kappa shape index (κ3) is 6.63. The van der Waals surface area contributed by atoms with E-state index < -0.39 is 6.10 Å². The summed E-state index contributed by atoms with van der Waals surface area (Å²) >= 11 is 4.89. The van der Waals surface area contributed by atoms with E-state index in [9.17, 15) is 9.90 Å². The predicted molar refractivity (Wildman–Crippen MR) is 86.3 cm³/mol. The monoisotopic (exact) mass is 311 g/mol. The predicted octanol–water partition coefficient (Wildman–Crippen LogP) is 0.198. The van der Waals surface area contributed by atoms with Crippen LogP contribution in [0.15, 0.2) is 24.3 Å². The van der Waals surface area contributed by atoms with Crippen LogP contribution < -0.4 is 11.1 Å². The van der Waals surface area contributed by atoms with Gasteiger partial charge in [0.25, 0.3) is 0 Å². The second-order valence-corrected chi connectivity index (χ2v) is 5.24. The summed E-state index contributed by atoms with van der Waals surface area (Å²) < 4.78 is 4.84. The molecule has 116 valence electrons. The highest BCUT2D eigenvalue weighted by Crippen LogP contribution is 2.10. The van der Waals surface area contributed by atoms with Gasteiger partial charge in [-0.05, 0) is 19.2 Å². The Hall–Kier alpha value is -1.54. The van der Waals surface area contributed by atoms with Crippen LogP contribution in [-0.2, 0) is 9.53 Å². The van der Waals surface area contributed by atoms with Crippen molar-refractivity contribution in [2.45, 2.75) is 6.10 Å². The average molecular weight is 311 g/mol. The molecule has 1 rings (SSSR count). The molecule has 0 aliphatic rings. The Balaban J connectivity index is 2.50. The Morgan fingerprint density at radius 2 is 2.29 bits per heavy atom. The molecule has 1 amide bonds. The lowest BCUT2D eigenvalue weighted by Crippen LogP contribution is -2.37. The highest BCUT2D eigenvalue weighted by atomic mass is 32.1. The number of aliphatic hydroxyl groups is 1. The number of likely N-dealkylation sites (N-methyl/N-ethyl adjacent to an activating group) is 1. The topological polar surface area (TPSA) is 87.8 Å². The highest BCUT2D eigenvalue weighted by Gasteiger charge is 2.11. The number of hydrogen-bond donors (Lipinski definition) is 3. The molecule has 0 aliphatic carbocycles. The van der Waals surface area contributed by atoms with Crippen LogP contribution in [0.2, 0.25) is 0 Å². The number of ether oxygens (including phenoxy) is 1. The minimum atomic E-state index is -0.620. The molecule has 0 aliphatic heterocycles. The van der Waals surface area contributed by atoms with Crippen LogP contribution in [-0.4, -0.2) is 60.9 Å². The van der Waals surface area contributed by atoms with Gasteiger partial charge >= 0.3 is 0 Å². The SMILES string of the molecule is COCC(O)CN(C)CC(=O)Nc1cccc(C(N)=S)c1. The van der Waals surface area contributed by atoms with Crippen molar-refractivity contribution in [2.75, 3.05) is 39.2 Å². The molecule has 0 saturated carbocycles. The number of thiocarbonyl (C=S) groups is 1. The Labute approximate surface area is 129 Å². The molecular weight excluding hydrogens is 290 g/mol. The summed E-state index contributed by atoms with van der Waals surface area (Å²) in [5, 5.41) is 12.4. The van der Waals surface area contributed by atoms with Gasteiger partial charge in [0.1, 0.15) is 4.99 Å². The smallest absolute Gasteiger partial charge is 0.238 e. The van der Waals surface area contributed by atoms with Crippen molar-refractivity contribution >= 4 is 28.8 Å². The van der Waals surface area contributed by atoms with E-state index in [0.717, 1.165) is 0 Å². The van der Waals surface area contributed by atoms with Crippen molar-refractivity contribution in [3.63, 3.8) is 0 Å². The summed E-state index contributed by atoms with van der Waals surface area (Å²) in [6.07, 6.45) is -0.620. The lowest BCUT2D eigenvalue weighted by atomic mass is 10.2. The van der Waals surface area contributed by atoms with Crippen molar-refractivity contribution in [1.29, 1.82) is 0 Å². The standard InChI is InChI=1S/C14H21N3O3S/c1-17(7-12(18)9-20-2)8-13(19)16-11-5-3-4-10(6-11)14(15)21/h3-6,12,18H,7-9H2,1-2H3,(H2,15,21)(H,16,19). The first-order valence-electron chi connectivity index (χ1n) is 6.47. The van der Waals surface area contributed by atoms with E-state index in [4.69, 9.17) is 22.7 Å². The maximum atomic E-state index is 11.9. The normalized spacial score (nSPS) is 12.2. The quantitative estimate of drug-likeness (QED) is 0.595.